The van der Waals surface area contributed by atoms with Crippen molar-refractivity contribution in [3.8, 4) is 5.75 Å². The lowest BCUT2D eigenvalue weighted by Crippen LogP contribution is -2.38. The molecule has 0 bridgehead atoms. The predicted octanol–water partition coefficient (Wildman–Crippen LogP) is 5.29. The smallest absolute Gasteiger partial charge is 0.238 e. The third kappa shape index (κ3) is 2.29. The highest BCUT2D eigenvalue weighted by Crippen LogP contribution is 2.52. The Balaban J connectivity index is 1.66. The van der Waals surface area contributed by atoms with Crippen LogP contribution >= 0.6 is 0 Å². The van der Waals surface area contributed by atoms with Crippen LogP contribution < -0.4 is 4.74 Å². The first-order chi connectivity index (χ1) is 12.3. The van der Waals surface area contributed by atoms with Gasteiger partial charge < -0.3 is 9.47 Å². The van der Waals surface area contributed by atoms with Gasteiger partial charge in [0.2, 0.25) is 5.79 Å². The van der Waals surface area contributed by atoms with Crippen LogP contribution in [0, 0.1) is 6.92 Å². The van der Waals surface area contributed by atoms with Gasteiger partial charge in [-0.15, -0.1) is 0 Å². The largest absolute Gasteiger partial charge is 0.458 e. The Kier molecular flexibility index (Phi) is 3.22. The molecule has 0 saturated heterocycles. The van der Waals surface area contributed by atoms with E-state index in [2.05, 4.69) is 73.7 Å². The summed E-state index contributed by atoms with van der Waals surface area (Å²) in [6, 6.07) is 25.6. The SMILES string of the molecule is Cc1ccc([C@@H]2C[C@@]3(OCc4ccccc43)Oc3ccccc32)cc1. The van der Waals surface area contributed by atoms with E-state index in [1.165, 1.54) is 27.8 Å². The molecule has 0 aromatic heterocycles. The maximum Gasteiger partial charge on any atom is 0.238 e. The number of ether oxygens (including phenoxy) is 2. The maximum atomic E-state index is 6.46. The zero-order chi connectivity index (χ0) is 16.9. The van der Waals surface area contributed by atoms with E-state index < -0.39 is 5.79 Å². The van der Waals surface area contributed by atoms with E-state index in [0.29, 0.717) is 6.61 Å². The molecule has 0 radical (unpaired) electrons. The van der Waals surface area contributed by atoms with E-state index in [9.17, 15) is 0 Å². The topological polar surface area (TPSA) is 18.5 Å². The molecule has 0 fully saturated rings. The summed E-state index contributed by atoms with van der Waals surface area (Å²) in [7, 11) is 0. The van der Waals surface area contributed by atoms with Crippen molar-refractivity contribution in [2.75, 3.05) is 0 Å². The molecule has 2 heteroatoms. The van der Waals surface area contributed by atoms with E-state index in [0.717, 1.165) is 12.2 Å². The van der Waals surface area contributed by atoms with E-state index in [4.69, 9.17) is 9.47 Å². The second-order valence-electron chi connectivity index (χ2n) is 7.01. The number of hydrogen-bond acceptors (Lipinski definition) is 2. The third-order valence-electron chi connectivity index (χ3n) is 5.41. The summed E-state index contributed by atoms with van der Waals surface area (Å²) in [4.78, 5) is 0. The van der Waals surface area contributed by atoms with Crippen LogP contribution in [0.2, 0.25) is 0 Å². The van der Waals surface area contributed by atoms with E-state index in [1.807, 2.05) is 6.07 Å². The number of para-hydroxylation sites is 1. The van der Waals surface area contributed by atoms with E-state index in [-0.39, 0.29) is 5.92 Å². The van der Waals surface area contributed by atoms with Gasteiger partial charge in [-0.2, -0.15) is 0 Å². The van der Waals surface area contributed by atoms with Crippen LogP contribution in [0.15, 0.2) is 72.8 Å². The lowest BCUT2D eigenvalue weighted by Gasteiger charge is -2.39. The van der Waals surface area contributed by atoms with Crippen LogP contribution in [0.1, 0.15) is 40.2 Å². The van der Waals surface area contributed by atoms with Gasteiger partial charge in [0, 0.05) is 23.5 Å². The number of benzene rings is 3. The minimum atomic E-state index is -0.680. The molecular formula is C23H20O2. The van der Waals surface area contributed by atoms with Gasteiger partial charge >= 0.3 is 0 Å². The summed E-state index contributed by atoms with van der Waals surface area (Å²) in [5, 5.41) is 0. The summed E-state index contributed by atoms with van der Waals surface area (Å²) in [6.07, 6.45) is 0.796. The first-order valence-corrected chi connectivity index (χ1v) is 8.82. The summed E-state index contributed by atoms with van der Waals surface area (Å²) in [5.74, 6) is 0.508. The molecule has 2 heterocycles. The Morgan fingerprint density at radius 2 is 1.64 bits per heavy atom. The lowest BCUT2D eigenvalue weighted by molar-refractivity contribution is -0.195. The van der Waals surface area contributed by atoms with Gasteiger partial charge in [-0.25, -0.2) is 0 Å². The molecule has 124 valence electrons. The predicted molar refractivity (Wildman–Crippen MR) is 97.6 cm³/mol. The Morgan fingerprint density at radius 1 is 0.880 bits per heavy atom. The molecule has 2 nitrogen and oxygen atoms in total. The van der Waals surface area contributed by atoms with Crippen LogP contribution in [0.4, 0.5) is 0 Å². The van der Waals surface area contributed by atoms with Gasteiger partial charge in [0.15, 0.2) is 0 Å². The molecule has 0 amide bonds. The molecule has 3 aromatic carbocycles. The molecule has 3 aromatic rings. The van der Waals surface area contributed by atoms with Crippen molar-refractivity contribution in [2.24, 2.45) is 0 Å². The van der Waals surface area contributed by atoms with Crippen LogP contribution in [0.3, 0.4) is 0 Å². The Labute approximate surface area is 148 Å². The molecule has 0 aliphatic carbocycles. The Hall–Kier alpha value is -2.58. The van der Waals surface area contributed by atoms with Crippen LogP contribution in [-0.4, -0.2) is 0 Å². The fourth-order valence-electron chi connectivity index (χ4n) is 4.10. The number of rotatable bonds is 1. The van der Waals surface area contributed by atoms with Crippen molar-refractivity contribution in [3.63, 3.8) is 0 Å². The Morgan fingerprint density at radius 3 is 2.52 bits per heavy atom. The zero-order valence-corrected chi connectivity index (χ0v) is 14.2. The van der Waals surface area contributed by atoms with Crippen molar-refractivity contribution in [2.45, 2.75) is 31.7 Å². The zero-order valence-electron chi connectivity index (χ0n) is 14.2. The van der Waals surface area contributed by atoms with Crippen LogP contribution in [0.5, 0.6) is 5.75 Å². The fraction of sp³-hybridized carbons (Fsp3) is 0.217. The van der Waals surface area contributed by atoms with Crippen molar-refractivity contribution in [1.29, 1.82) is 0 Å². The minimum Gasteiger partial charge on any atom is -0.458 e. The molecule has 0 saturated carbocycles. The second kappa shape index (κ2) is 5.47. The summed E-state index contributed by atoms with van der Waals surface area (Å²) >= 11 is 0. The fourth-order valence-corrected chi connectivity index (χ4v) is 4.10. The molecule has 1 spiro atoms. The molecule has 2 aliphatic heterocycles. The summed E-state index contributed by atoms with van der Waals surface area (Å²) < 4.78 is 12.7. The normalized spacial score (nSPS) is 23.8. The average Bonchev–Trinajstić information content (AvgIpc) is 3.00. The standard InChI is InChI=1S/C23H20O2/c1-16-10-12-17(13-11-16)20-14-23(25-22-9-5-3-7-19(20)22)21-8-4-2-6-18(21)15-24-23/h2-13,20H,14-15H2,1H3/t20-,23+/m0/s1. The second-order valence-corrected chi connectivity index (χ2v) is 7.01. The van der Waals surface area contributed by atoms with E-state index >= 15 is 0 Å². The molecule has 0 N–H and O–H groups in total. The van der Waals surface area contributed by atoms with Gasteiger partial charge in [-0.3, -0.25) is 0 Å². The Bertz CT molecular complexity index is 929. The minimum absolute atomic E-state index is 0.261. The maximum absolute atomic E-state index is 6.46. The molecule has 25 heavy (non-hydrogen) atoms. The van der Waals surface area contributed by atoms with Gasteiger partial charge in [-0.1, -0.05) is 72.3 Å². The molecule has 2 atom stereocenters. The highest BCUT2D eigenvalue weighted by Gasteiger charge is 2.48. The number of fused-ring (bicyclic) bond motifs is 3. The van der Waals surface area contributed by atoms with Crippen molar-refractivity contribution >= 4 is 0 Å². The van der Waals surface area contributed by atoms with Crippen LogP contribution in [-0.2, 0) is 17.1 Å². The monoisotopic (exact) mass is 328 g/mol. The highest BCUT2D eigenvalue weighted by atomic mass is 16.7. The quantitative estimate of drug-likeness (QED) is 0.604. The lowest BCUT2D eigenvalue weighted by atomic mass is 9.80. The molecule has 0 unspecified atom stereocenters. The van der Waals surface area contributed by atoms with Gasteiger partial charge in [0.1, 0.15) is 5.75 Å². The van der Waals surface area contributed by atoms with Crippen molar-refractivity contribution in [1.82, 2.24) is 0 Å². The first kappa shape index (κ1) is 14.7. The van der Waals surface area contributed by atoms with Crippen LogP contribution in [0.25, 0.3) is 0 Å². The van der Waals surface area contributed by atoms with Crippen molar-refractivity contribution < 1.29 is 9.47 Å². The van der Waals surface area contributed by atoms with Gasteiger partial charge in [0.25, 0.3) is 0 Å². The van der Waals surface area contributed by atoms with Gasteiger partial charge in [-0.05, 0) is 24.1 Å². The molecule has 2 aliphatic rings. The average molecular weight is 328 g/mol. The first-order valence-electron chi connectivity index (χ1n) is 8.82. The molecule has 5 rings (SSSR count). The van der Waals surface area contributed by atoms with E-state index in [1.54, 1.807) is 0 Å². The van der Waals surface area contributed by atoms with Gasteiger partial charge in [0.05, 0.1) is 6.61 Å². The number of hydrogen-bond donors (Lipinski definition) is 0. The summed E-state index contributed by atoms with van der Waals surface area (Å²) in [6.45, 7) is 2.73. The summed E-state index contributed by atoms with van der Waals surface area (Å²) in [5.41, 5.74) is 6.23. The number of aryl methyl sites for hydroxylation is 1. The van der Waals surface area contributed by atoms with Crippen molar-refractivity contribution in [3.05, 3.63) is 101 Å². The highest BCUT2D eigenvalue weighted by molar-refractivity contribution is 5.47. The third-order valence-corrected chi connectivity index (χ3v) is 5.41. The molecular weight excluding hydrogens is 308 g/mol.